The fraction of sp³-hybridized carbons (Fsp3) is 0.200. The molecule has 0 spiro atoms. The molecule has 2 N–H and O–H groups in total. The molecule has 0 aliphatic carbocycles. The van der Waals surface area contributed by atoms with Gasteiger partial charge in [0.15, 0.2) is 11.5 Å². The van der Waals surface area contributed by atoms with Crippen LogP contribution in [0.25, 0.3) is 0 Å². The number of esters is 1. The molecule has 2 aromatic rings. The summed E-state index contributed by atoms with van der Waals surface area (Å²) in [5, 5.41) is 4.72. The summed E-state index contributed by atoms with van der Waals surface area (Å²) in [5.74, 6) is -1.12. The number of thioether (sulfide) groups is 1. The third-order valence-electron chi connectivity index (χ3n) is 3.93. The van der Waals surface area contributed by atoms with E-state index in [1.54, 1.807) is 31.2 Å². The van der Waals surface area contributed by atoms with Crippen molar-refractivity contribution in [2.45, 2.75) is 18.6 Å². The number of pyridine rings is 1. The lowest BCUT2D eigenvalue weighted by molar-refractivity contribution is -0.136. The normalized spacial score (nSPS) is 15.6. The summed E-state index contributed by atoms with van der Waals surface area (Å²) < 4.78 is 10.8. The van der Waals surface area contributed by atoms with Crippen molar-refractivity contribution < 1.29 is 28.7 Å². The van der Waals surface area contributed by atoms with E-state index in [2.05, 4.69) is 20.8 Å². The Morgan fingerprint density at radius 3 is 2.68 bits per heavy atom. The Labute approximate surface area is 181 Å². The highest BCUT2D eigenvalue weighted by atomic mass is 32.2. The van der Waals surface area contributed by atoms with Crippen molar-refractivity contribution in [1.82, 2.24) is 15.7 Å². The Balaban J connectivity index is 1.63. The summed E-state index contributed by atoms with van der Waals surface area (Å²) in [6.45, 7) is 2.09. The molecule has 1 unspecified atom stereocenters. The zero-order chi connectivity index (χ0) is 22.2. The number of hydrogen-bond donors (Lipinski definition) is 2. The molecule has 1 aliphatic rings. The molecule has 3 rings (SSSR count). The van der Waals surface area contributed by atoms with E-state index in [1.807, 2.05) is 0 Å². The second kappa shape index (κ2) is 10.3. The van der Waals surface area contributed by atoms with Crippen LogP contribution in [0.5, 0.6) is 11.5 Å². The number of hydrazone groups is 1. The number of carbonyl (C=O) groups is 4. The third kappa shape index (κ3) is 6.12. The monoisotopic (exact) mass is 442 g/mol. The zero-order valence-corrected chi connectivity index (χ0v) is 17.2. The van der Waals surface area contributed by atoms with Gasteiger partial charge in [0.05, 0.1) is 19.2 Å². The molecule has 1 aliphatic heterocycles. The maximum Gasteiger partial charge on any atom is 0.312 e. The van der Waals surface area contributed by atoms with Crippen LogP contribution in [0.3, 0.4) is 0 Å². The molecule has 1 aromatic heterocycles. The number of nitrogens with one attached hydrogen (secondary N) is 2. The van der Waals surface area contributed by atoms with Crippen molar-refractivity contribution in [2.24, 2.45) is 5.10 Å². The highest BCUT2D eigenvalue weighted by molar-refractivity contribution is 8.15. The Hall–Kier alpha value is -3.73. The van der Waals surface area contributed by atoms with Crippen LogP contribution in [0.1, 0.15) is 29.3 Å². The van der Waals surface area contributed by atoms with Crippen LogP contribution in [-0.4, -0.2) is 46.1 Å². The van der Waals surface area contributed by atoms with Gasteiger partial charge in [-0.05, 0) is 42.8 Å². The average Bonchev–Trinajstić information content (AvgIpc) is 3.07. The minimum absolute atomic E-state index is 0.166. The van der Waals surface area contributed by atoms with Gasteiger partial charge in [0, 0.05) is 18.0 Å². The van der Waals surface area contributed by atoms with Crippen LogP contribution < -0.4 is 20.2 Å². The molecule has 1 atom stereocenters. The summed E-state index contributed by atoms with van der Waals surface area (Å²) in [4.78, 5) is 50.8. The van der Waals surface area contributed by atoms with E-state index in [9.17, 15) is 19.2 Å². The first-order valence-electron chi connectivity index (χ1n) is 9.18. The lowest BCUT2D eigenvalue weighted by atomic mass is 10.2. The van der Waals surface area contributed by atoms with Crippen LogP contribution in [-0.2, 0) is 9.59 Å². The molecule has 0 bridgehead atoms. The Kier molecular flexibility index (Phi) is 7.33. The molecule has 1 fully saturated rings. The number of nitrogens with zero attached hydrogens (tertiary/aromatic N) is 2. The second-order valence-electron chi connectivity index (χ2n) is 6.14. The van der Waals surface area contributed by atoms with Gasteiger partial charge in [-0.2, -0.15) is 5.10 Å². The smallest absolute Gasteiger partial charge is 0.312 e. The van der Waals surface area contributed by atoms with Gasteiger partial charge in [0.2, 0.25) is 5.91 Å². The fourth-order valence-electron chi connectivity index (χ4n) is 2.53. The van der Waals surface area contributed by atoms with Crippen LogP contribution in [0.4, 0.5) is 4.79 Å². The van der Waals surface area contributed by atoms with Crippen LogP contribution >= 0.6 is 11.8 Å². The van der Waals surface area contributed by atoms with Gasteiger partial charge in [-0.25, -0.2) is 5.43 Å². The third-order valence-corrected chi connectivity index (χ3v) is 4.91. The zero-order valence-electron chi connectivity index (χ0n) is 16.4. The minimum Gasteiger partial charge on any atom is -0.490 e. The van der Waals surface area contributed by atoms with Gasteiger partial charge in [0.25, 0.3) is 11.1 Å². The number of imide groups is 1. The Morgan fingerprint density at radius 2 is 2.00 bits per heavy atom. The molecule has 0 radical (unpaired) electrons. The Bertz CT molecular complexity index is 1030. The van der Waals surface area contributed by atoms with Crippen molar-refractivity contribution in [3.8, 4) is 11.5 Å². The Morgan fingerprint density at radius 1 is 1.23 bits per heavy atom. The van der Waals surface area contributed by atoms with Crippen molar-refractivity contribution in [2.75, 3.05) is 6.61 Å². The number of amides is 3. The van der Waals surface area contributed by atoms with E-state index >= 15 is 0 Å². The number of aromatic nitrogens is 1. The standard InChI is InChI=1S/C20H18N4O6S/c1-2-29-15-9-12(11-22-24-18(26)13-5-7-21-8-6-13)3-4-14(15)30-17(25)10-16-19(27)23-20(28)31-16/h3-9,11,16H,2,10H2,1H3,(H,24,26)(H,23,27,28)/b22-11+. The lowest BCUT2D eigenvalue weighted by Crippen LogP contribution is -2.27. The highest BCUT2D eigenvalue weighted by Crippen LogP contribution is 2.29. The number of carbonyl (C=O) groups excluding carboxylic acids is 4. The first kappa shape index (κ1) is 22.0. The van der Waals surface area contributed by atoms with E-state index in [1.165, 1.54) is 24.7 Å². The fourth-order valence-corrected chi connectivity index (χ4v) is 3.34. The summed E-state index contributed by atoms with van der Waals surface area (Å²) in [7, 11) is 0. The molecule has 2 heterocycles. The highest BCUT2D eigenvalue weighted by Gasteiger charge is 2.34. The van der Waals surface area contributed by atoms with Gasteiger partial charge < -0.3 is 9.47 Å². The topological polar surface area (TPSA) is 136 Å². The number of hydrogen-bond acceptors (Lipinski definition) is 9. The molecule has 160 valence electrons. The van der Waals surface area contributed by atoms with E-state index < -0.39 is 22.4 Å². The van der Waals surface area contributed by atoms with Crippen LogP contribution in [0.2, 0.25) is 0 Å². The maximum atomic E-state index is 12.2. The van der Waals surface area contributed by atoms with Gasteiger partial charge in [-0.15, -0.1) is 0 Å². The number of benzene rings is 1. The van der Waals surface area contributed by atoms with Crippen LogP contribution in [0, 0.1) is 0 Å². The molecule has 1 aromatic carbocycles. The summed E-state index contributed by atoms with van der Waals surface area (Å²) in [5.41, 5.74) is 3.41. The summed E-state index contributed by atoms with van der Waals surface area (Å²) >= 11 is 0.752. The molecule has 10 nitrogen and oxygen atoms in total. The first-order valence-corrected chi connectivity index (χ1v) is 10.1. The van der Waals surface area contributed by atoms with E-state index in [-0.39, 0.29) is 18.1 Å². The van der Waals surface area contributed by atoms with Crippen molar-refractivity contribution in [1.29, 1.82) is 0 Å². The van der Waals surface area contributed by atoms with Crippen molar-refractivity contribution >= 4 is 41.0 Å². The predicted octanol–water partition coefficient (Wildman–Crippen LogP) is 1.89. The largest absolute Gasteiger partial charge is 0.490 e. The van der Waals surface area contributed by atoms with Gasteiger partial charge in [-0.3, -0.25) is 29.5 Å². The van der Waals surface area contributed by atoms with E-state index in [0.717, 1.165) is 11.8 Å². The lowest BCUT2D eigenvalue weighted by Gasteiger charge is -2.12. The SMILES string of the molecule is CCOc1cc(/C=N/NC(=O)c2ccncc2)ccc1OC(=O)CC1SC(=O)NC1=O. The van der Waals surface area contributed by atoms with Gasteiger partial charge in [-0.1, -0.05) is 11.8 Å². The molecular weight excluding hydrogens is 424 g/mol. The summed E-state index contributed by atoms with van der Waals surface area (Å²) in [6, 6.07) is 7.85. The summed E-state index contributed by atoms with van der Waals surface area (Å²) in [6.07, 6.45) is 4.17. The number of rotatable bonds is 8. The minimum atomic E-state index is -0.814. The predicted molar refractivity (Wildman–Crippen MR) is 112 cm³/mol. The molecule has 1 saturated heterocycles. The molecule has 3 amide bonds. The molecular formula is C20H18N4O6S. The van der Waals surface area contributed by atoms with Crippen molar-refractivity contribution in [3.05, 3.63) is 53.9 Å². The molecule has 31 heavy (non-hydrogen) atoms. The molecule has 0 saturated carbocycles. The van der Waals surface area contributed by atoms with Gasteiger partial charge in [0.1, 0.15) is 5.25 Å². The average molecular weight is 442 g/mol. The van der Waals surface area contributed by atoms with Crippen LogP contribution in [0.15, 0.2) is 47.8 Å². The molecule has 11 heteroatoms. The van der Waals surface area contributed by atoms with Crippen molar-refractivity contribution in [3.63, 3.8) is 0 Å². The van der Waals surface area contributed by atoms with E-state index in [0.29, 0.717) is 23.5 Å². The second-order valence-corrected chi connectivity index (χ2v) is 7.31. The van der Waals surface area contributed by atoms with E-state index in [4.69, 9.17) is 9.47 Å². The number of ether oxygens (including phenoxy) is 2. The van der Waals surface area contributed by atoms with Gasteiger partial charge >= 0.3 is 5.97 Å². The first-order chi connectivity index (χ1) is 15.0. The maximum absolute atomic E-state index is 12.2. The quantitative estimate of drug-likeness (QED) is 0.274.